The molecule has 0 radical (unpaired) electrons. The van der Waals surface area contributed by atoms with Gasteiger partial charge in [0, 0.05) is 13.2 Å². The second kappa shape index (κ2) is 10.0. The number of carbonyl (C=O) groups is 2. The van der Waals surface area contributed by atoms with E-state index in [1.807, 2.05) is 6.92 Å². The average molecular weight is 260 g/mol. The Hall–Kier alpha value is -0.940. The fourth-order valence-corrected chi connectivity index (χ4v) is 1.59. The van der Waals surface area contributed by atoms with Crippen LogP contribution in [-0.4, -0.2) is 37.9 Å². The van der Waals surface area contributed by atoms with Crippen molar-refractivity contribution in [1.82, 2.24) is 0 Å². The van der Waals surface area contributed by atoms with E-state index in [0.717, 1.165) is 6.42 Å². The maximum absolute atomic E-state index is 12.2. The van der Waals surface area contributed by atoms with Gasteiger partial charge < -0.3 is 14.2 Å². The van der Waals surface area contributed by atoms with Gasteiger partial charge in [-0.15, -0.1) is 0 Å². The van der Waals surface area contributed by atoms with E-state index in [4.69, 9.17) is 14.2 Å². The van der Waals surface area contributed by atoms with Crippen molar-refractivity contribution in [2.75, 3.05) is 19.8 Å². The Morgan fingerprint density at radius 2 is 1.50 bits per heavy atom. The molecule has 0 aromatic carbocycles. The van der Waals surface area contributed by atoms with Gasteiger partial charge in [0.15, 0.2) is 0 Å². The SMILES string of the molecule is CCCC(C(=O)OCC)C(=O)C(OCC)OCC. The van der Waals surface area contributed by atoms with Gasteiger partial charge in [0.2, 0.25) is 12.1 Å². The van der Waals surface area contributed by atoms with Crippen LogP contribution in [0.3, 0.4) is 0 Å². The molecular weight excluding hydrogens is 236 g/mol. The second-order valence-corrected chi connectivity index (χ2v) is 3.74. The fraction of sp³-hybridized carbons (Fsp3) is 0.846. The summed E-state index contributed by atoms with van der Waals surface area (Å²) in [5.74, 6) is -1.63. The smallest absolute Gasteiger partial charge is 0.316 e. The molecule has 0 aliphatic rings. The molecule has 0 aliphatic heterocycles. The first-order valence-electron chi connectivity index (χ1n) is 6.55. The van der Waals surface area contributed by atoms with Crippen molar-refractivity contribution in [1.29, 1.82) is 0 Å². The monoisotopic (exact) mass is 260 g/mol. The van der Waals surface area contributed by atoms with Crippen LogP contribution < -0.4 is 0 Å². The van der Waals surface area contributed by atoms with Crippen LogP contribution in [0, 0.1) is 5.92 Å². The fourth-order valence-electron chi connectivity index (χ4n) is 1.59. The molecule has 106 valence electrons. The van der Waals surface area contributed by atoms with Gasteiger partial charge in [-0.2, -0.15) is 0 Å². The summed E-state index contributed by atoms with van der Waals surface area (Å²) in [7, 11) is 0. The van der Waals surface area contributed by atoms with Crippen LogP contribution in [0.1, 0.15) is 40.5 Å². The molecular formula is C13H24O5. The van der Waals surface area contributed by atoms with Gasteiger partial charge in [-0.1, -0.05) is 13.3 Å². The Balaban J connectivity index is 4.73. The number of hydrogen-bond donors (Lipinski definition) is 0. The summed E-state index contributed by atoms with van der Waals surface area (Å²) in [6, 6.07) is 0. The summed E-state index contributed by atoms with van der Waals surface area (Å²) in [6.45, 7) is 8.16. The van der Waals surface area contributed by atoms with E-state index in [1.165, 1.54) is 0 Å². The summed E-state index contributed by atoms with van der Waals surface area (Å²) < 4.78 is 15.4. The first-order valence-corrected chi connectivity index (χ1v) is 6.55. The number of Topliss-reactive ketones (excluding diaryl/α,β-unsaturated/α-hetero) is 1. The Bertz CT molecular complexity index is 246. The molecule has 0 saturated heterocycles. The Morgan fingerprint density at radius 1 is 0.944 bits per heavy atom. The molecule has 1 unspecified atom stereocenters. The van der Waals surface area contributed by atoms with E-state index in [1.54, 1.807) is 20.8 Å². The van der Waals surface area contributed by atoms with Gasteiger partial charge in [-0.3, -0.25) is 9.59 Å². The predicted octanol–water partition coefficient (Wildman–Crippen LogP) is 1.93. The standard InChI is InChI=1S/C13H24O5/c1-5-9-10(12(15)16-6-2)11(14)13(17-7-3)18-8-4/h10,13H,5-9H2,1-4H3. The van der Waals surface area contributed by atoms with Gasteiger partial charge in [-0.05, 0) is 27.2 Å². The van der Waals surface area contributed by atoms with Crippen LogP contribution in [-0.2, 0) is 23.8 Å². The summed E-state index contributed by atoms with van der Waals surface area (Å²) in [4.78, 5) is 23.9. The van der Waals surface area contributed by atoms with Crippen molar-refractivity contribution >= 4 is 11.8 Å². The minimum absolute atomic E-state index is 0.264. The highest BCUT2D eigenvalue weighted by atomic mass is 16.7. The molecule has 0 saturated carbocycles. The van der Waals surface area contributed by atoms with Crippen molar-refractivity contribution in [2.24, 2.45) is 5.92 Å². The van der Waals surface area contributed by atoms with Crippen molar-refractivity contribution in [2.45, 2.75) is 46.8 Å². The zero-order chi connectivity index (χ0) is 14.0. The van der Waals surface area contributed by atoms with E-state index in [0.29, 0.717) is 19.6 Å². The molecule has 0 fully saturated rings. The number of esters is 1. The van der Waals surface area contributed by atoms with Crippen molar-refractivity contribution < 1.29 is 23.8 Å². The van der Waals surface area contributed by atoms with Crippen LogP contribution in [0.4, 0.5) is 0 Å². The van der Waals surface area contributed by atoms with Crippen molar-refractivity contribution in [3.8, 4) is 0 Å². The largest absolute Gasteiger partial charge is 0.465 e. The zero-order valence-corrected chi connectivity index (χ0v) is 11.7. The van der Waals surface area contributed by atoms with E-state index in [9.17, 15) is 9.59 Å². The van der Waals surface area contributed by atoms with Crippen LogP contribution in [0.5, 0.6) is 0 Å². The number of rotatable bonds is 10. The van der Waals surface area contributed by atoms with E-state index < -0.39 is 18.2 Å². The van der Waals surface area contributed by atoms with E-state index in [-0.39, 0.29) is 12.4 Å². The molecule has 0 spiro atoms. The van der Waals surface area contributed by atoms with Gasteiger partial charge in [0.25, 0.3) is 0 Å². The number of hydrogen-bond acceptors (Lipinski definition) is 5. The molecule has 0 aromatic rings. The van der Waals surface area contributed by atoms with E-state index in [2.05, 4.69) is 0 Å². The number of carbonyl (C=O) groups excluding carboxylic acids is 2. The summed E-state index contributed by atoms with van der Waals surface area (Å²) in [6.07, 6.45) is 0.204. The summed E-state index contributed by atoms with van der Waals surface area (Å²) >= 11 is 0. The predicted molar refractivity (Wildman–Crippen MR) is 67.1 cm³/mol. The third-order valence-corrected chi connectivity index (χ3v) is 2.36. The van der Waals surface area contributed by atoms with Crippen LogP contribution >= 0.6 is 0 Å². The highest BCUT2D eigenvalue weighted by Gasteiger charge is 2.33. The molecule has 0 bridgehead atoms. The van der Waals surface area contributed by atoms with Crippen LogP contribution in [0.25, 0.3) is 0 Å². The maximum Gasteiger partial charge on any atom is 0.316 e. The molecule has 0 aliphatic carbocycles. The minimum atomic E-state index is -0.971. The lowest BCUT2D eigenvalue weighted by Crippen LogP contribution is -2.37. The lowest BCUT2D eigenvalue weighted by molar-refractivity contribution is -0.177. The van der Waals surface area contributed by atoms with Crippen molar-refractivity contribution in [3.63, 3.8) is 0 Å². The van der Waals surface area contributed by atoms with Gasteiger partial charge in [0.05, 0.1) is 6.61 Å². The molecule has 0 rings (SSSR count). The normalized spacial score (nSPS) is 12.5. The number of ether oxygens (including phenoxy) is 3. The second-order valence-electron chi connectivity index (χ2n) is 3.74. The molecule has 0 N–H and O–H groups in total. The maximum atomic E-state index is 12.2. The summed E-state index contributed by atoms with van der Waals surface area (Å²) in [5.41, 5.74) is 0. The molecule has 0 aromatic heterocycles. The first kappa shape index (κ1) is 17.1. The lowest BCUT2D eigenvalue weighted by atomic mass is 9.98. The third-order valence-electron chi connectivity index (χ3n) is 2.36. The first-order chi connectivity index (χ1) is 8.62. The molecule has 5 nitrogen and oxygen atoms in total. The van der Waals surface area contributed by atoms with E-state index >= 15 is 0 Å². The number of ketones is 1. The van der Waals surface area contributed by atoms with Crippen LogP contribution in [0.15, 0.2) is 0 Å². The Morgan fingerprint density at radius 3 is 1.89 bits per heavy atom. The summed E-state index contributed by atoms with van der Waals surface area (Å²) in [5, 5.41) is 0. The zero-order valence-electron chi connectivity index (χ0n) is 11.7. The molecule has 5 heteroatoms. The lowest BCUT2D eigenvalue weighted by Gasteiger charge is -2.20. The van der Waals surface area contributed by atoms with Gasteiger partial charge >= 0.3 is 5.97 Å². The average Bonchev–Trinajstić information content (AvgIpc) is 2.35. The highest BCUT2D eigenvalue weighted by Crippen LogP contribution is 2.15. The van der Waals surface area contributed by atoms with Crippen LogP contribution in [0.2, 0.25) is 0 Å². The minimum Gasteiger partial charge on any atom is -0.465 e. The molecule has 0 heterocycles. The van der Waals surface area contributed by atoms with Crippen molar-refractivity contribution in [3.05, 3.63) is 0 Å². The highest BCUT2D eigenvalue weighted by molar-refractivity contribution is 6.00. The third kappa shape index (κ3) is 5.60. The molecule has 18 heavy (non-hydrogen) atoms. The Labute approximate surface area is 109 Å². The molecule has 1 atom stereocenters. The quantitative estimate of drug-likeness (QED) is 0.341. The topological polar surface area (TPSA) is 61.8 Å². The van der Waals surface area contributed by atoms with Gasteiger partial charge in [-0.25, -0.2) is 0 Å². The molecule has 0 amide bonds. The van der Waals surface area contributed by atoms with Gasteiger partial charge in [0.1, 0.15) is 5.92 Å². The Kier molecular flexibility index (Phi) is 9.50.